The van der Waals surface area contributed by atoms with Crippen molar-refractivity contribution < 1.29 is 14.8 Å². The van der Waals surface area contributed by atoms with Crippen LogP contribution < -0.4 is 10.8 Å². The summed E-state index contributed by atoms with van der Waals surface area (Å²) in [5, 5.41) is 11.1. The minimum atomic E-state index is -0.539. The summed E-state index contributed by atoms with van der Waals surface area (Å²) in [6.07, 6.45) is 0.0000926. The SMILES string of the molecule is CC(=O)NC(CC(=O)NO)c1ccccc1. The fraction of sp³-hybridized carbons (Fsp3) is 0.273. The highest BCUT2D eigenvalue weighted by atomic mass is 16.5. The monoisotopic (exact) mass is 222 g/mol. The summed E-state index contributed by atoms with van der Waals surface area (Å²) in [6.45, 7) is 1.38. The van der Waals surface area contributed by atoms with Crippen molar-refractivity contribution in [1.82, 2.24) is 10.8 Å². The first-order chi connectivity index (χ1) is 7.63. The lowest BCUT2D eigenvalue weighted by Gasteiger charge is -2.16. The van der Waals surface area contributed by atoms with E-state index in [-0.39, 0.29) is 12.3 Å². The lowest BCUT2D eigenvalue weighted by atomic mass is 10.0. The van der Waals surface area contributed by atoms with E-state index in [2.05, 4.69) is 5.32 Å². The maximum absolute atomic E-state index is 11.1. The maximum atomic E-state index is 11.1. The molecule has 1 atom stereocenters. The normalized spacial score (nSPS) is 11.6. The first-order valence-electron chi connectivity index (χ1n) is 4.88. The van der Waals surface area contributed by atoms with Crippen LogP contribution in [0.15, 0.2) is 30.3 Å². The first kappa shape index (κ1) is 12.2. The Bertz CT molecular complexity index is 365. The van der Waals surface area contributed by atoms with Crippen molar-refractivity contribution in [2.24, 2.45) is 0 Å². The molecule has 16 heavy (non-hydrogen) atoms. The van der Waals surface area contributed by atoms with E-state index in [1.165, 1.54) is 6.92 Å². The predicted molar refractivity (Wildman–Crippen MR) is 57.5 cm³/mol. The molecule has 0 heterocycles. The summed E-state index contributed by atoms with van der Waals surface area (Å²) >= 11 is 0. The van der Waals surface area contributed by atoms with E-state index in [0.717, 1.165) is 5.56 Å². The third-order valence-corrected chi connectivity index (χ3v) is 2.09. The quantitative estimate of drug-likeness (QED) is 0.520. The molecule has 0 aliphatic heterocycles. The zero-order valence-electron chi connectivity index (χ0n) is 8.93. The Morgan fingerprint density at radius 1 is 1.31 bits per heavy atom. The van der Waals surface area contributed by atoms with Crippen LogP contribution in [0.5, 0.6) is 0 Å². The van der Waals surface area contributed by atoms with Crippen molar-refractivity contribution in [2.75, 3.05) is 0 Å². The van der Waals surface area contributed by atoms with Gasteiger partial charge in [-0.15, -0.1) is 0 Å². The number of rotatable bonds is 4. The highest BCUT2D eigenvalue weighted by Gasteiger charge is 2.16. The van der Waals surface area contributed by atoms with E-state index in [0.29, 0.717) is 0 Å². The van der Waals surface area contributed by atoms with Gasteiger partial charge in [-0.3, -0.25) is 14.8 Å². The Labute approximate surface area is 93.4 Å². The lowest BCUT2D eigenvalue weighted by molar-refractivity contribution is -0.130. The maximum Gasteiger partial charge on any atom is 0.245 e. The fourth-order valence-corrected chi connectivity index (χ4v) is 1.41. The molecule has 0 aliphatic rings. The number of amides is 2. The van der Waals surface area contributed by atoms with Crippen molar-refractivity contribution in [3.63, 3.8) is 0 Å². The van der Waals surface area contributed by atoms with Crippen LogP contribution in [0, 0.1) is 0 Å². The van der Waals surface area contributed by atoms with Crippen LogP contribution in [0.1, 0.15) is 24.9 Å². The Balaban J connectivity index is 2.79. The van der Waals surface area contributed by atoms with Crippen LogP contribution in [0.4, 0.5) is 0 Å². The summed E-state index contributed by atoms with van der Waals surface area (Å²) in [5.74, 6) is -0.762. The molecule has 3 N–H and O–H groups in total. The second kappa shape index (κ2) is 5.87. The van der Waals surface area contributed by atoms with E-state index >= 15 is 0 Å². The molecule has 5 heteroatoms. The molecule has 0 bridgehead atoms. The summed E-state index contributed by atoms with van der Waals surface area (Å²) < 4.78 is 0. The highest BCUT2D eigenvalue weighted by Crippen LogP contribution is 2.16. The average Bonchev–Trinajstić information content (AvgIpc) is 2.28. The van der Waals surface area contributed by atoms with Gasteiger partial charge in [0.2, 0.25) is 11.8 Å². The molecular formula is C11H14N2O3. The van der Waals surface area contributed by atoms with Crippen molar-refractivity contribution in [1.29, 1.82) is 0 Å². The highest BCUT2D eigenvalue weighted by molar-refractivity contribution is 5.78. The van der Waals surface area contributed by atoms with Gasteiger partial charge in [0, 0.05) is 6.92 Å². The van der Waals surface area contributed by atoms with E-state index in [4.69, 9.17) is 5.21 Å². The smallest absolute Gasteiger partial charge is 0.245 e. The van der Waals surface area contributed by atoms with Crippen LogP contribution in [-0.4, -0.2) is 17.0 Å². The number of carbonyl (C=O) groups is 2. The zero-order valence-corrected chi connectivity index (χ0v) is 8.93. The Kier molecular flexibility index (Phi) is 4.47. The lowest BCUT2D eigenvalue weighted by Crippen LogP contribution is -2.31. The molecule has 1 unspecified atom stereocenters. The standard InChI is InChI=1S/C11H14N2O3/c1-8(14)12-10(7-11(15)13-16)9-5-3-2-4-6-9/h2-6,10,16H,7H2,1H3,(H,12,14)(H,13,15). The molecule has 0 fully saturated rings. The van der Waals surface area contributed by atoms with E-state index in [1.807, 2.05) is 30.3 Å². The summed E-state index contributed by atoms with van der Waals surface area (Å²) in [7, 11) is 0. The predicted octanol–water partition coefficient (Wildman–Crippen LogP) is 0.759. The largest absolute Gasteiger partial charge is 0.349 e. The third-order valence-electron chi connectivity index (χ3n) is 2.09. The number of hydrogen-bond acceptors (Lipinski definition) is 3. The Morgan fingerprint density at radius 2 is 1.94 bits per heavy atom. The van der Waals surface area contributed by atoms with E-state index in [1.54, 1.807) is 5.48 Å². The van der Waals surface area contributed by atoms with Gasteiger partial charge < -0.3 is 5.32 Å². The molecule has 1 aromatic rings. The average molecular weight is 222 g/mol. The molecule has 0 aliphatic carbocycles. The molecule has 86 valence electrons. The topological polar surface area (TPSA) is 78.4 Å². The molecule has 0 saturated carbocycles. The van der Waals surface area contributed by atoms with Gasteiger partial charge in [0.15, 0.2) is 0 Å². The molecule has 0 saturated heterocycles. The molecule has 2 amide bonds. The van der Waals surface area contributed by atoms with Gasteiger partial charge in [-0.05, 0) is 5.56 Å². The van der Waals surface area contributed by atoms with Crippen LogP contribution in [0.2, 0.25) is 0 Å². The van der Waals surface area contributed by atoms with Gasteiger partial charge in [0.05, 0.1) is 12.5 Å². The van der Waals surface area contributed by atoms with Crippen LogP contribution in [-0.2, 0) is 9.59 Å². The molecule has 5 nitrogen and oxygen atoms in total. The Morgan fingerprint density at radius 3 is 2.44 bits per heavy atom. The summed E-state index contributed by atoms with van der Waals surface area (Å²) in [5.41, 5.74) is 2.37. The number of hydrogen-bond donors (Lipinski definition) is 3. The minimum absolute atomic E-state index is 0.0000926. The van der Waals surface area contributed by atoms with Gasteiger partial charge >= 0.3 is 0 Å². The van der Waals surface area contributed by atoms with Crippen LogP contribution in [0.3, 0.4) is 0 Å². The van der Waals surface area contributed by atoms with Crippen molar-refractivity contribution >= 4 is 11.8 Å². The van der Waals surface area contributed by atoms with Crippen LogP contribution >= 0.6 is 0 Å². The van der Waals surface area contributed by atoms with Gasteiger partial charge in [-0.2, -0.15) is 0 Å². The zero-order chi connectivity index (χ0) is 12.0. The van der Waals surface area contributed by atoms with Crippen LogP contribution in [0.25, 0.3) is 0 Å². The van der Waals surface area contributed by atoms with Crippen molar-refractivity contribution in [3.05, 3.63) is 35.9 Å². The molecule has 0 radical (unpaired) electrons. The van der Waals surface area contributed by atoms with Crippen molar-refractivity contribution in [3.8, 4) is 0 Å². The fourth-order valence-electron chi connectivity index (χ4n) is 1.41. The second-order valence-corrected chi connectivity index (χ2v) is 3.40. The van der Waals surface area contributed by atoms with Gasteiger partial charge in [0.25, 0.3) is 0 Å². The molecule has 0 aromatic heterocycles. The van der Waals surface area contributed by atoms with E-state index in [9.17, 15) is 9.59 Å². The van der Waals surface area contributed by atoms with Gasteiger partial charge in [0.1, 0.15) is 0 Å². The summed E-state index contributed by atoms with van der Waals surface area (Å²) in [4.78, 5) is 22.1. The van der Waals surface area contributed by atoms with E-state index < -0.39 is 11.9 Å². The Hall–Kier alpha value is -1.88. The van der Waals surface area contributed by atoms with Crippen molar-refractivity contribution in [2.45, 2.75) is 19.4 Å². The van der Waals surface area contributed by atoms with Gasteiger partial charge in [-0.25, -0.2) is 5.48 Å². The first-order valence-corrected chi connectivity index (χ1v) is 4.88. The third kappa shape index (κ3) is 3.70. The number of benzene rings is 1. The number of nitrogens with one attached hydrogen (secondary N) is 2. The van der Waals surface area contributed by atoms with Gasteiger partial charge in [-0.1, -0.05) is 30.3 Å². The molecule has 0 spiro atoms. The number of hydroxylamine groups is 1. The molecule has 1 aromatic carbocycles. The summed E-state index contributed by atoms with van der Waals surface area (Å²) in [6, 6.07) is 8.68. The molecular weight excluding hydrogens is 208 g/mol. The number of carbonyl (C=O) groups excluding carboxylic acids is 2. The molecule has 1 rings (SSSR count). The minimum Gasteiger partial charge on any atom is -0.349 e. The second-order valence-electron chi connectivity index (χ2n) is 3.40.